The van der Waals surface area contributed by atoms with Gasteiger partial charge in [0.05, 0.1) is 9.40 Å². The molecule has 1 aliphatic rings. The topological polar surface area (TPSA) is 102 Å². The number of nitrogens with one attached hydrogen (secondary N) is 1. The summed E-state index contributed by atoms with van der Waals surface area (Å²) in [5.74, 6) is 0.201. The maximum absolute atomic E-state index is 12.3. The minimum atomic E-state index is -0.452. The summed E-state index contributed by atoms with van der Waals surface area (Å²) >= 11 is 3.43. The van der Waals surface area contributed by atoms with Crippen molar-refractivity contribution >= 4 is 39.6 Å². The minimum Gasteiger partial charge on any atom is -0.488 e. The van der Waals surface area contributed by atoms with Gasteiger partial charge in [-0.05, 0) is 51.7 Å². The van der Waals surface area contributed by atoms with Crippen molar-refractivity contribution in [2.45, 2.75) is 20.0 Å². The monoisotopic (exact) mass is 459 g/mol. The fourth-order valence-corrected chi connectivity index (χ4v) is 3.32. The van der Waals surface area contributed by atoms with Crippen LogP contribution in [0.4, 0.5) is 10.5 Å². The van der Waals surface area contributed by atoms with Crippen molar-refractivity contribution in [2.75, 3.05) is 6.54 Å². The van der Waals surface area contributed by atoms with Crippen molar-refractivity contribution in [3.8, 4) is 5.75 Å². The van der Waals surface area contributed by atoms with Gasteiger partial charge in [0.1, 0.15) is 18.1 Å². The summed E-state index contributed by atoms with van der Waals surface area (Å²) in [5, 5.41) is 13.4. The molecule has 1 saturated heterocycles. The lowest BCUT2D eigenvalue weighted by atomic mass is 10.1. The number of hydrogen-bond donors (Lipinski definition) is 1. The molecule has 9 heteroatoms. The predicted octanol–water partition coefficient (Wildman–Crippen LogP) is 4.24. The minimum absolute atomic E-state index is 0.00698. The van der Waals surface area contributed by atoms with Crippen molar-refractivity contribution in [3.63, 3.8) is 0 Å². The van der Waals surface area contributed by atoms with E-state index in [0.717, 1.165) is 0 Å². The number of carbonyl (C=O) groups excluding carboxylic acids is 2. The van der Waals surface area contributed by atoms with Gasteiger partial charge in [0.15, 0.2) is 0 Å². The van der Waals surface area contributed by atoms with Crippen molar-refractivity contribution in [3.05, 3.63) is 73.9 Å². The van der Waals surface area contributed by atoms with Crippen LogP contribution < -0.4 is 10.1 Å². The number of benzene rings is 2. The number of rotatable bonds is 7. The first kappa shape index (κ1) is 20.5. The molecule has 2 aromatic carbocycles. The largest absolute Gasteiger partial charge is 0.488 e. The summed E-state index contributed by atoms with van der Waals surface area (Å²) < 4.78 is 6.39. The lowest BCUT2D eigenvalue weighted by Gasteiger charge is -2.09. The van der Waals surface area contributed by atoms with E-state index >= 15 is 0 Å². The van der Waals surface area contributed by atoms with E-state index in [1.54, 1.807) is 36.4 Å². The van der Waals surface area contributed by atoms with Gasteiger partial charge >= 0.3 is 6.03 Å². The summed E-state index contributed by atoms with van der Waals surface area (Å²) in [6.45, 7) is 2.43. The molecule has 1 heterocycles. The standard InChI is InChI=1S/C20H18BrN3O5/c1-2-8-23-19(25)17(22-20(23)26)11-13-6-7-18(16(21)10-13)29-12-14-4-3-5-15(9-14)24(27)28/h3-7,9-11H,2,8,12H2,1H3,(H,22,26)/b17-11+. The molecular formula is C20H18BrN3O5. The fraction of sp³-hybridized carbons (Fsp3) is 0.200. The number of non-ortho nitro benzene ring substituents is 1. The predicted molar refractivity (Wildman–Crippen MR) is 110 cm³/mol. The van der Waals surface area contributed by atoms with Crippen LogP contribution in [0, 0.1) is 10.1 Å². The number of halogens is 1. The normalized spacial score (nSPS) is 15.0. The number of carbonyl (C=O) groups is 2. The SMILES string of the molecule is CCCN1C(=O)N/C(=C/c2ccc(OCc3cccc([N+](=O)[O-])c3)c(Br)c2)C1=O. The van der Waals surface area contributed by atoms with E-state index in [-0.39, 0.29) is 23.9 Å². The van der Waals surface area contributed by atoms with Crippen LogP contribution in [0.2, 0.25) is 0 Å². The van der Waals surface area contributed by atoms with Gasteiger partial charge in [0.25, 0.3) is 11.6 Å². The number of hydrogen-bond acceptors (Lipinski definition) is 5. The smallest absolute Gasteiger partial charge is 0.329 e. The third-order valence-corrected chi connectivity index (χ3v) is 4.81. The van der Waals surface area contributed by atoms with Crippen molar-refractivity contribution in [1.82, 2.24) is 10.2 Å². The second-order valence-electron chi connectivity index (χ2n) is 6.35. The van der Waals surface area contributed by atoms with Crippen LogP contribution in [-0.4, -0.2) is 28.3 Å². The zero-order valence-electron chi connectivity index (χ0n) is 15.6. The summed E-state index contributed by atoms with van der Waals surface area (Å²) in [6, 6.07) is 11.1. The molecule has 3 rings (SSSR count). The molecule has 2 aromatic rings. The Hall–Kier alpha value is -3.20. The maximum atomic E-state index is 12.3. The van der Waals surface area contributed by atoms with Crippen LogP contribution in [0.5, 0.6) is 5.75 Å². The number of nitrogens with zero attached hydrogens (tertiary/aromatic N) is 2. The molecule has 1 aliphatic heterocycles. The Bertz CT molecular complexity index is 1010. The van der Waals surface area contributed by atoms with E-state index < -0.39 is 11.0 Å². The third-order valence-electron chi connectivity index (χ3n) is 4.19. The van der Waals surface area contributed by atoms with Gasteiger partial charge in [-0.3, -0.25) is 19.8 Å². The fourth-order valence-electron chi connectivity index (χ4n) is 2.81. The Labute approximate surface area is 175 Å². The molecule has 8 nitrogen and oxygen atoms in total. The number of ether oxygens (including phenoxy) is 1. The number of urea groups is 1. The van der Waals surface area contributed by atoms with Crippen LogP contribution in [0.15, 0.2) is 52.6 Å². The molecule has 0 aromatic heterocycles. The van der Waals surface area contributed by atoms with E-state index in [9.17, 15) is 19.7 Å². The second-order valence-corrected chi connectivity index (χ2v) is 7.20. The van der Waals surface area contributed by atoms with Crippen LogP contribution in [0.3, 0.4) is 0 Å². The average Bonchev–Trinajstić information content (AvgIpc) is 2.95. The molecule has 1 N–H and O–H groups in total. The average molecular weight is 460 g/mol. The van der Waals surface area contributed by atoms with Crippen molar-refractivity contribution in [1.29, 1.82) is 0 Å². The quantitative estimate of drug-likeness (QED) is 0.288. The summed E-state index contributed by atoms with van der Waals surface area (Å²) in [7, 11) is 0. The molecule has 29 heavy (non-hydrogen) atoms. The van der Waals surface area contributed by atoms with Crippen molar-refractivity contribution in [2.24, 2.45) is 0 Å². The highest BCUT2D eigenvalue weighted by Crippen LogP contribution is 2.28. The molecule has 0 spiro atoms. The first-order valence-electron chi connectivity index (χ1n) is 8.89. The van der Waals surface area contributed by atoms with Crippen LogP contribution in [-0.2, 0) is 11.4 Å². The first-order valence-corrected chi connectivity index (χ1v) is 9.68. The van der Waals surface area contributed by atoms with E-state index in [2.05, 4.69) is 21.2 Å². The molecule has 0 aliphatic carbocycles. The number of nitro groups is 1. The lowest BCUT2D eigenvalue weighted by Crippen LogP contribution is -2.31. The Kier molecular flexibility index (Phi) is 6.28. The van der Waals surface area contributed by atoms with Gasteiger partial charge in [0.2, 0.25) is 0 Å². The van der Waals surface area contributed by atoms with Gasteiger partial charge in [-0.1, -0.05) is 25.1 Å². The Balaban J connectivity index is 1.71. The van der Waals surface area contributed by atoms with Crippen LogP contribution in [0.25, 0.3) is 6.08 Å². The molecule has 0 radical (unpaired) electrons. The molecular weight excluding hydrogens is 442 g/mol. The molecule has 0 atom stereocenters. The number of imide groups is 1. The highest BCUT2D eigenvalue weighted by molar-refractivity contribution is 9.10. The summed E-state index contributed by atoms with van der Waals surface area (Å²) in [6.07, 6.45) is 2.29. The summed E-state index contributed by atoms with van der Waals surface area (Å²) in [4.78, 5) is 35.7. The zero-order valence-corrected chi connectivity index (χ0v) is 17.1. The van der Waals surface area contributed by atoms with E-state index in [1.807, 2.05) is 6.92 Å². The molecule has 150 valence electrons. The van der Waals surface area contributed by atoms with Crippen molar-refractivity contribution < 1.29 is 19.2 Å². The molecule has 0 saturated carbocycles. The Morgan fingerprint density at radius 2 is 2.03 bits per heavy atom. The first-order chi connectivity index (χ1) is 13.9. The van der Waals surface area contributed by atoms with Crippen LogP contribution in [0.1, 0.15) is 24.5 Å². The Morgan fingerprint density at radius 1 is 1.24 bits per heavy atom. The highest BCUT2D eigenvalue weighted by Gasteiger charge is 2.32. The van der Waals surface area contributed by atoms with E-state index in [0.29, 0.717) is 34.3 Å². The van der Waals surface area contributed by atoms with E-state index in [1.165, 1.54) is 17.0 Å². The summed E-state index contributed by atoms with van der Waals surface area (Å²) in [5.41, 5.74) is 1.61. The second kappa shape index (κ2) is 8.87. The maximum Gasteiger partial charge on any atom is 0.329 e. The number of amides is 3. The third kappa shape index (κ3) is 4.80. The zero-order chi connectivity index (χ0) is 21.0. The van der Waals surface area contributed by atoms with Gasteiger partial charge in [0, 0.05) is 18.7 Å². The van der Waals surface area contributed by atoms with E-state index in [4.69, 9.17) is 4.74 Å². The Morgan fingerprint density at radius 3 is 2.72 bits per heavy atom. The van der Waals surface area contributed by atoms with Gasteiger partial charge < -0.3 is 10.1 Å². The molecule has 3 amide bonds. The number of nitro benzene ring substituents is 1. The molecule has 0 unspecified atom stereocenters. The molecule has 1 fully saturated rings. The molecule has 0 bridgehead atoms. The van der Waals surface area contributed by atoms with Gasteiger partial charge in [-0.25, -0.2) is 4.79 Å². The van der Waals surface area contributed by atoms with Gasteiger partial charge in [-0.15, -0.1) is 0 Å². The van der Waals surface area contributed by atoms with Crippen LogP contribution >= 0.6 is 15.9 Å². The lowest BCUT2D eigenvalue weighted by molar-refractivity contribution is -0.384. The van der Waals surface area contributed by atoms with Gasteiger partial charge in [-0.2, -0.15) is 0 Å². The highest BCUT2D eigenvalue weighted by atomic mass is 79.9.